The van der Waals surface area contributed by atoms with Gasteiger partial charge < -0.3 is 5.32 Å². The first-order chi connectivity index (χ1) is 9.40. The van der Waals surface area contributed by atoms with E-state index in [-0.39, 0.29) is 0 Å². The molecule has 0 unspecified atom stereocenters. The predicted octanol–water partition coefficient (Wildman–Crippen LogP) is 5.08. The van der Waals surface area contributed by atoms with Crippen molar-refractivity contribution in [2.24, 2.45) is 0 Å². The summed E-state index contributed by atoms with van der Waals surface area (Å²) in [4.78, 5) is 0. The van der Waals surface area contributed by atoms with Crippen LogP contribution in [-0.2, 0) is 6.18 Å². The zero-order valence-corrected chi connectivity index (χ0v) is 11.6. The van der Waals surface area contributed by atoms with Crippen LogP contribution in [0.25, 0.3) is 0 Å². The molecule has 0 atom stereocenters. The molecule has 0 aliphatic heterocycles. The Morgan fingerprint density at radius 1 is 1.05 bits per heavy atom. The largest absolute Gasteiger partial charge is 0.416 e. The quantitative estimate of drug-likeness (QED) is 0.827. The number of halogens is 4. The lowest BCUT2D eigenvalue weighted by molar-refractivity contribution is -0.137. The second-order valence-corrected chi connectivity index (χ2v) is 4.92. The maximum atomic E-state index is 12.4. The van der Waals surface area contributed by atoms with E-state index in [2.05, 4.69) is 21.2 Å². The summed E-state index contributed by atoms with van der Waals surface area (Å²) >= 11 is 3.25. The molecule has 2 aromatic carbocycles. The Morgan fingerprint density at radius 2 is 1.70 bits per heavy atom. The Bertz CT molecular complexity index is 658. The summed E-state index contributed by atoms with van der Waals surface area (Å²) in [5.41, 5.74) is 0.714. The molecule has 6 heteroatoms. The normalized spacial score (nSPS) is 10.9. The van der Waals surface area contributed by atoms with Gasteiger partial charge in [-0.15, -0.1) is 0 Å². The van der Waals surface area contributed by atoms with Crippen molar-refractivity contribution in [3.8, 4) is 6.07 Å². The molecule has 2 nitrogen and oxygen atoms in total. The van der Waals surface area contributed by atoms with Crippen LogP contribution >= 0.6 is 15.9 Å². The third-order valence-corrected chi connectivity index (χ3v) is 3.09. The van der Waals surface area contributed by atoms with E-state index in [9.17, 15) is 13.2 Å². The second kappa shape index (κ2) is 5.55. The highest BCUT2D eigenvalue weighted by Gasteiger charge is 2.29. The van der Waals surface area contributed by atoms with E-state index >= 15 is 0 Å². The van der Waals surface area contributed by atoms with Crippen molar-refractivity contribution in [1.82, 2.24) is 0 Å². The fourth-order valence-electron chi connectivity index (χ4n) is 1.62. The summed E-state index contributed by atoms with van der Waals surface area (Å²) in [6, 6.07) is 11.7. The molecular weight excluding hydrogens is 333 g/mol. The summed E-state index contributed by atoms with van der Waals surface area (Å²) in [6.07, 6.45) is -4.35. The van der Waals surface area contributed by atoms with Gasteiger partial charge in [-0.05, 0) is 42.5 Å². The van der Waals surface area contributed by atoms with Crippen molar-refractivity contribution >= 4 is 27.3 Å². The molecule has 0 bridgehead atoms. The molecule has 0 aliphatic carbocycles. The van der Waals surface area contributed by atoms with Crippen molar-refractivity contribution in [3.63, 3.8) is 0 Å². The van der Waals surface area contributed by atoms with Crippen LogP contribution in [0.3, 0.4) is 0 Å². The minimum Gasteiger partial charge on any atom is -0.354 e. The van der Waals surface area contributed by atoms with E-state index in [1.54, 1.807) is 18.2 Å². The summed E-state index contributed by atoms with van der Waals surface area (Å²) in [7, 11) is 0. The fourth-order valence-corrected chi connectivity index (χ4v) is 1.98. The highest BCUT2D eigenvalue weighted by Crippen LogP contribution is 2.31. The van der Waals surface area contributed by atoms with Crippen LogP contribution in [0.4, 0.5) is 24.5 Å². The van der Waals surface area contributed by atoms with Gasteiger partial charge in [-0.1, -0.05) is 15.9 Å². The van der Waals surface area contributed by atoms with Crippen LogP contribution in [0.1, 0.15) is 11.1 Å². The van der Waals surface area contributed by atoms with Crippen LogP contribution in [0.2, 0.25) is 0 Å². The van der Waals surface area contributed by atoms with Crippen LogP contribution in [0.15, 0.2) is 46.9 Å². The molecule has 1 N–H and O–H groups in total. The zero-order chi connectivity index (χ0) is 14.8. The van der Waals surface area contributed by atoms with E-state index in [1.807, 2.05) is 6.07 Å². The number of anilines is 2. The van der Waals surface area contributed by atoms with E-state index < -0.39 is 11.7 Å². The average Bonchev–Trinajstić information content (AvgIpc) is 2.40. The van der Waals surface area contributed by atoms with E-state index in [0.717, 1.165) is 16.6 Å². The lowest BCUT2D eigenvalue weighted by Crippen LogP contribution is -2.04. The second-order valence-electron chi connectivity index (χ2n) is 4.00. The standard InChI is InChI=1S/C14H8BrF3N2/c15-11-3-6-13(9(7-11)8-19)20-12-4-1-10(2-5-12)14(16,17)18/h1-7,20H. The van der Waals surface area contributed by atoms with Crippen molar-refractivity contribution in [3.05, 3.63) is 58.1 Å². The van der Waals surface area contributed by atoms with Crippen molar-refractivity contribution in [1.29, 1.82) is 5.26 Å². The van der Waals surface area contributed by atoms with Gasteiger partial charge in [0.15, 0.2) is 0 Å². The number of nitrogens with one attached hydrogen (secondary N) is 1. The molecule has 0 radical (unpaired) electrons. The molecule has 0 aliphatic rings. The fraction of sp³-hybridized carbons (Fsp3) is 0.0714. The van der Waals surface area contributed by atoms with Crippen molar-refractivity contribution in [2.45, 2.75) is 6.18 Å². The summed E-state index contributed by atoms with van der Waals surface area (Å²) in [6.45, 7) is 0. The maximum Gasteiger partial charge on any atom is 0.416 e. The Balaban J connectivity index is 2.25. The van der Waals surface area contributed by atoms with Gasteiger partial charge in [-0.2, -0.15) is 18.4 Å². The minimum absolute atomic E-state index is 0.402. The SMILES string of the molecule is N#Cc1cc(Br)ccc1Nc1ccc(C(F)(F)F)cc1. The van der Waals surface area contributed by atoms with Gasteiger partial charge in [-0.25, -0.2) is 0 Å². The molecule has 2 aromatic rings. The van der Waals surface area contributed by atoms with Gasteiger partial charge in [0.25, 0.3) is 0 Å². The number of nitrogens with zero attached hydrogens (tertiary/aromatic N) is 1. The molecule has 0 fully saturated rings. The van der Waals surface area contributed by atoms with E-state index in [1.165, 1.54) is 12.1 Å². The van der Waals surface area contributed by atoms with Gasteiger partial charge in [0.1, 0.15) is 6.07 Å². The van der Waals surface area contributed by atoms with E-state index in [4.69, 9.17) is 5.26 Å². The lowest BCUT2D eigenvalue weighted by Gasteiger charge is -2.10. The predicted molar refractivity (Wildman–Crippen MR) is 73.6 cm³/mol. The topological polar surface area (TPSA) is 35.8 Å². The van der Waals surface area contributed by atoms with Gasteiger partial charge >= 0.3 is 6.18 Å². The molecule has 0 saturated heterocycles. The van der Waals surface area contributed by atoms with Gasteiger partial charge in [0.2, 0.25) is 0 Å². The minimum atomic E-state index is -4.35. The van der Waals surface area contributed by atoms with Crippen LogP contribution in [0, 0.1) is 11.3 Å². The molecular formula is C14H8BrF3N2. The van der Waals surface area contributed by atoms with Crippen LogP contribution in [0.5, 0.6) is 0 Å². The molecule has 0 aromatic heterocycles. The number of hydrogen-bond donors (Lipinski definition) is 1. The molecule has 0 amide bonds. The first kappa shape index (κ1) is 14.4. The Labute approximate surface area is 122 Å². The highest BCUT2D eigenvalue weighted by atomic mass is 79.9. The highest BCUT2D eigenvalue weighted by molar-refractivity contribution is 9.10. The first-order valence-electron chi connectivity index (χ1n) is 5.54. The molecule has 0 heterocycles. The van der Waals surface area contributed by atoms with Crippen LogP contribution in [-0.4, -0.2) is 0 Å². The van der Waals surface area contributed by atoms with Crippen molar-refractivity contribution < 1.29 is 13.2 Å². The monoisotopic (exact) mass is 340 g/mol. The maximum absolute atomic E-state index is 12.4. The third kappa shape index (κ3) is 3.31. The van der Waals surface area contributed by atoms with E-state index in [0.29, 0.717) is 16.9 Å². The zero-order valence-electron chi connectivity index (χ0n) is 10.0. The third-order valence-electron chi connectivity index (χ3n) is 2.59. The van der Waals surface area contributed by atoms with Gasteiger partial charge in [-0.3, -0.25) is 0 Å². The summed E-state index contributed by atoms with van der Waals surface area (Å²) in [5.74, 6) is 0. The molecule has 2 rings (SSSR count). The Morgan fingerprint density at radius 3 is 2.25 bits per heavy atom. The van der Waals surface area contributed by atoms with Gasteiger partial charge in [0, 0.05) is 10.2 Å². The van der Waals surface area contributed by atoms with Crippen LogP contribution < -0.4 is 5.32 Å². The first-order valence-corrected chi connectivity index (χ1v) is 6.33. The smallest absolute Gasteiger partial charge is 0.354 e. The number of nitriles is 1. The van der Waals surface area contributed by atoms with Gasteiger partial charge in [0.05, 0.1) is 16.8 Å². The molecule has 20 heavy (non-hydrogen) atoms. The summed E-state index contributed by atoms with van der Waals surface area (Å²) in [5, 5.41) is 11.9. The van der Waals surface area contributed by atoms with Crippen molar-refractivity contribution in [2.75, 3.05) is 5.32 Å². The number of benzene rings is 2. The number of alkyl halides is 3. The number of rotatable bonds is 2. The lowest BCUT2D eigenvalue weighted by atomic mass is 10.1. The Kier molecular flexibility index (Phi) is 4.00. The molecule has 102 valence electrons. The Hall–Kier alpha value is -2.00. The number of hydrogen-bond acceptors (Lipinski definition) is 2. The molecule has 0 saturated carbocycles. The molecule has 0 spiro atoms. The summed E-state index contributed by atoms with van der Waals surface area (Å²) < 4.78 is 38.1. The average molecular weight is 341 g/mol.